The molecule has 0 atom stereocenters. The molecule has 3 aromatic rings. The van der Waals surface area contributed by atoms with Gasteiger partial charge in [0.25, 0.3) is 0 Å². The molecule has 164 valence electrons. The predicted molar refractivity (Wildman–Crippen MR) is 119 cm³/mol. The van der Waals surface area contributed by atoms with Crippen LogP contribution in [0, 0.1) is 0 Å². The van der Waals surface area contributed by atoms with E-state index in [2.05, 4.69) is 10.1 Å². The van der Waals surface area contributed by atoms with E-state index in [9.17, 15) is 14.7 Å². The van der Waals surface area contributed by atoms with Crippen molar-refractivity contribution in [1.82, 2.24) is 14.6 Å². The van der Waals surface area contributed by atoms with Gasteiger partial charge in [-0.25, -0.2) is 14.7 Å². The first kappa shape index (κ1) is 22.6. The molecule has 2 aromatic heterocycles. The molecule has 0 aliphatic rings. The standard InChI is InChI=1S/C22H25ClN4O4/c1-5-31-14-8-9-17(16(13-14)22(2,3)4)26(21(29)30)20-15(7-6-12-28)19(23)25-18-10-11-24-27(18)20/h8-13H,5-7H2,1-4H3,(H,29,30). The Morgan fingerprint density at radius 1 is 1.32 bits per heavy atom. The van der Waals surface area contributed by atoms with Gasteiger partial charge < -0.3 is 14.6 Å². The summed E-state index contributed by atoms with van der Waals surface area (Å²) in [6, 6.07) is 6.94. The van der Waals surface area contributed by atoms with Crippen LogP contribution in [-0.2, 0) is 16.6 Å². The number of aromatic nitrogens is 3. The normalized spacial score (nSPS) is 11.5. The molecular formula is C22H25ClN4O4. The van der Waals surface area contributed by atoms with Crippen molar-refractivity contribution in [2.45, 2.75) is 46.0 Å². The van der Waals surface area contributed by atoms with E-state index in [1.807, 2.05) is 33.8 Å². The van der Waals surface area contributed by atoms with Crippen LogP contribution in [0.2, 0.25) is 5.15 Å². The Morgan fingerprint density at radius 3 is 2.68 bits per heavy atom. The van der Waals surface area contributed by atoms with E-state index in [0.29, 0.717) is 29.3 Å². The molecule has 1 aromatic carbocycles. The number of amides is 1. The van der Waals surface area contributed by atoms with Crippen LogP contribution in [-0.4, -0.2) is 38.7 Å². The third kappa shape index (κ3) is 4.49. The fourth-order valence-corrected chi connectivity index (χ4v) is 3.72. The smallest absolute Gasteiger partial charge is 0.417 e. The zero-order valence-electron chi connectivity index (χ0n) is 17.9. The number of carbonyl (C=O) groups excluding carboxylic acids is 1. The lowest BCUT2D eigenvalue weighted by Crippen LogP contribution is -2.30. The first-order valence-electron chi connectivity index (χ1n) is 9.95. The number of halogens is 1. The van der Waals surface area contributed by atoms with Crippen LogP contribution in [0.4, 0.5) is 16.3 Å². The maximum atomic E-state index is 12.6. The Hall–Kier alpha value is -3.13. The van der Waals surface area contributed by atoms with Gasteiger partial charge >= 0.3 is 6.09 Å². The zero-order valence-corrected chi connectivity index (χ0v) is 18.7. The molecule has 0 bridgehead atoms. The molecule has 0 unspecified atom stereocenters. The molecule has 3 rings (SSSR count). The molecule has 2 heterocycles. The van der Waals surface area contributed by atoms with Gasteiger partial charge in [0.1, 0.15) is 17.2 Å². The number of carbonyl (C=O) groups is 2. The van der Waals surface area contributed by atoms with E-state index >= 15 is 0 Å². The second kappa shape index (κ2) is 8.93. The summed E-state index contributed by atoms with van der Waals surface area (Å²) < 4.78 is 7.08. The summed E-state index contributed by atoms with van der Waals surface area (Å²) in [5.74, 6) is 0.892. The molecule has 0 saturated heterocycles. The molecule has 31 heavy (non-hydrogen) atoms. The topological polar surface area (TPSA) is 97.0 Å². The Bertz CT molecular complexity index is 1120. The van der Waals surface area contributed by atoms with Crippen molar-refractivity contribution in [3.05, 3.63) is 46.7 Å². The van der Waals surface area contributed by atoms with Gasteiger partial charge in [-0.3, -0.25) is 0 Å². The van der Waals surface area contributed by atoms with E-state index in [1.54, 1.807) is 18.2 Å². The summed E-state index contributed by atoms with van der Waals surface area (Å²) in [4.78, 5) is 29.1. The summed E-state index contributed by atoms with van der Waals surface area (Å²) in [6.45, 7) is 8.38. The number of nitrogens with zero attached hydrogens (tertiary/aromatic N) is 4. The lowest BCUT2D eigenvalue weighted by molar-refractivity contribution is -0.107. The summed E-state index contributed by atoms with van der Waals surface area (Å²) in [5, 5.41) is 14.7. The van der Waals surface area contributed by atoms with Crippen LogP contribution in [0.1, 0.15) is 45.2 Å². The first-order valence-corrected chi connectivity index (χ1v) is 10.3. The molecule has 8 nitrogen and oxygen atoms in total. The molecule has 0 aliphatic carbocycles. The molecule has 0 aliphatic heterocycles. The second-order valence-electron chi connectivity index (χ2n) is 7.99. The van der Waals surface area contributed by atoms with Gasteiger partial charge in [0.05, 0.1) is 18.5 Å². The number of anilines is 2. The Morgan fingerprint density at radius 2 is 2.06 bits per heavy atom. The Labute approximate surface area is 185 Å². The van der Waals surface area contributed by atoms with E-state index in [1.165, 1.54) is 10.7 Å². The monoisotopic (exact) mass is 444 g/mol. The third-order valence-electron chi connectivity index (χ3n) is 4.80. The van der Waals surface area contributed by atoms with Gasteiger partial charge in [-0.05, 0) is 42.5 Å². The van der Waals surface area contributed by atoms with Gasteiger partial charge in [-0.1, -0.05) is 32.4 Å². The minimum absolute atomic E-state index is 0.138. The summed E-state index contributed by atoms with van der Waals surface area (Å²) in [7, 11) is 0. The third-order valence-corrected chi connectivity index (χ3v) is 5.11. The van der Waals surface area contributed by atoms with Gasteiger partial charge in [0, 0.05) is 18.1 Å². The number of aldehydes is 1. The van der Waals surface area contributed by atoms with Gasteiger partial charge in [-0.2, -0.15) is 9.61 Å². The molecular weight excluding hydrogens is 420 g/mol. The van der Waals surface area contributed by atoms with Crippen molar-refractivity contribution in [2.24, 2.45) is 0 Å². The zero-order chi connectivity index (χ0) is 22.8. The minimum atomic E-state index is -1.21. The van der Waals surface area contributed by atoms with E-state index in [0.717, 1.165) is 16.7 Å². The van der Waals surface area contributed by atoms with Crippen molar-refractivity contribution in [3.8, 4) is 5.75 Å². The van der Waals surface area contributed by atoms with Crippen LogP contribution in [0.5, 0.6) is 5.75 Å². The van der Waals surface area contributed by atoms with Crippen molar-refractivity contribution >= 4 is 41.1 Å². The van der Waals surface area contributed by atoms with Crippen LogP contribution in [0.25, 0.3) is 5.65 Å². The molecule has 1 amide bonds. The van der Waals surface area contributed by atoms with E-state index in [4.69, 9.17) is 16.3 Å². The fourth-order valence-electron chi connectivity index (χ4n) is 3.46. The summed E-state index contributed by atoms with van der Waals surface area (Å²) in [5.41, 5.74) is 1.68. The highest BCUT2D eigenvalue weighted by Crippen LogP contribution is 2.40. The first-order chi connectivity index (χ1) is 14.7. The average molecular weight is 445 g/mol. The highest BCUT2D eigenvalue weighted by atomic mass is 35.5. The van der Waals surface area contributed by atoms with Crippen molar-refractivity contribution in [1.29, 1.82) is 0 Å². The van der Waals surface area contributed by atoms with Crippen LogP contribution in [0.3, 0.4) is 0 Å². The molecule has 0 spiro atoms. The lowest BCUT2D eigenvalue weighted by atomic mass is 9.85. The molecule has 0 radical (unpaired) electrons. The molecule has 0 fully saturated rings. The number of ether oxygens (including phenoxy) is 1. The SMILES string of the molecule is CCOc1ccc(N(C(=O)O)c2c(CCC=O)c(Cl)nc3ccnn23)c(C(C)(C)C)c1. The highest BCUT2D eigenvalue weighted by Gasteiger charge is 2.31. The van der Waals surface area contributed by atoms with Crippen LogP contribution >= 0.6 is 11.6 Å². The predicted octanol–water partition coefficient (Wildman–Crippen LogP) is 5.03. The fraction of sp³-hybridized carbons (Fsp3) is 0.364. The van der Waals surface area contributed by atoms with Gasteiger partial charge in [0.2, 0.25) is 0 Å². The summed E-state index contributed by atoms with van der Waals surface area (Å²) >= 11 is 6.43. The van der Waals surface area contributed by atoms with Gasteiger partial charge in [-0.15, -0.1) is 0 Å². The molecule has 0 saturated carbocycles. The Balaban J connectivity index is 2.34. The number of benzene rings is 1. The van der Waals surface area contributed by atoms with Crippen LogP contribution in [0.15, 0.2) is 30.5 Å². The largest absolute Gasteiger partial charge is 0.494 e. The summed E-state index contributed by atoms with van der Waals surface area (Å²) in [6.07, 6.45) is 1.47. The Kier molecular flexibility index (Phi) is 6.50. The average Bonchev–Trinajstić information content (AvgIpc) is 3.15. The maximum absolute atomic E-state index is 12.6. The van der Waals surface area contributed by atoms with Crippen molar-refractivity contribution in [3.63, 3.8) is 0 Å². The number of hydrogen-bond donors (Lipinski definition) is 1. The highest BCUT2D eigenvalue weighted by molar-refractivity contribution is 6.30. The minimum Gasteiger partial charge on any atom is -0.494 e. The maximum Gasteiger partial charge on any atom is 0.417 e. The van der Waals surface area contributed by atoms with Crippen molar-refractivity contribution < 1.29 is 19.4 Å². The lowest BCUT2D eigenvalue weighted by Gasteiger charge is -2.30. The number of rotatable bonds is 7. The van der Waals surface area contributed by atoms with E-state index in [-0.39, 0.29) is 29.2 Å². The van der Waals surface area contributed by atoms with Crippen LogP contribution < -0.4 is 9.64 Å². The van der Waals surface area contributed by atoms with E-state index < -0.39 is 6.09 Å². The number of fused-ring (bicyclic) bond motifs is 1. The van der Waals surface area contributed by atoms with Gasteiger partial charge in [0.15, 0.2) is 11.5 Å². The van der Waals surface area contributed by atoms with Crippen molar-refractivity contribution in [2.75, 3.05) is 11.5 Å². The molecule has 9 heteroatoms. The molecule has 1 N–H and O–H groups in total. The second-order valence-corrected chi connectivity index (χ2v) is 8.35. The number of hydrogen-bond acceptors (Lipinski definition) is 5. The quantitative estimate of drug-likeness (QED) is 0.405. The number of carboxylic acid groups (broad SMARTS) is 1.